The molecular weight excluding hydrogens is 419 g/mol. The maximum atomic E-state index is 13.1. The molecule has 7 unspecified atom stereocenters. The van der Waals surface area contributed by atoms with Gasteiger partial charge in [0.15, 0.2) is 0 Å². The normalized spacial score (nSPS) is 46.5. The Labute approximate surface area is 201 Å². The first-order valence-corrected chi connectivity index (χ1v) is 13.1. The van der Waals surface area contributed by atoms with Crippen molar-refractivity contribution in [3.63, 3.8) is 0 Å². The van der Waals surface area contributed by atoms with Crippen LogP contribution in [0.25, 0.3) is 0 Å². The Morgan fingerprint density at radius 3 is 2.39 bits per heavy atom. The smallest absolute Gasteiger partial charge is 0.390 e. The topological polar surface area (TPSA) is 20.2 Å². The van der Waals surface area contributed by atoms with Crippen LogP contribution in [0.1, 0.15) is 92.4 Å². The lowest BCUT2D eigenvalue weighted by atomic mass is 9.38. The van der Waals surface area contributed by atoms with Crippen LogP contribution < -0.4 is 0 Å². The zero-order valence-electron chi connectivity index (χ0n) is 21.1. The third kappa shape index (κ3) is 4.27. The van der Waals surface area contributed by atoms with E-state index < -0.39 is 22.9 Å². The molecule has 0 spiro atoms. The first-order valence-electron chi connectivity index (χ1n) is 13.1. The Kier molecular flexibility index (Phi) is 6.28. The van der Waals surface area contributed by atoms with E-state index in [1.54, 1.807) is 0 Å². The van der Waals surface area contributed by atoms with Gasteiger partial charge in [-0.15, -0.1) is 0 Å². The molecule has 4 aliphatic rings. The number of alkyl halides is 3. The summed E-state index contributed by atoms with van der Waals surface area (Å²) in [5.41, 5.74) is 0.850. The van der Waals surface area contributed by atoms with Gasteiger partial charge in [0, 0.05) is 0 Å². The highest BCUT2D eigenvalue weighted by molar-refractivity contribution is 6.40. The first kappa shape index (κ1) is 25.7. The van der Waals surface area contributed by atoms with E-state index in [4.69, 9.17) is 15.7 Å². The molecule has 0 heterocycles. The Morgan fingerprint density at radius 2 is 1.76 bits per heavy atom. The van der Waals surface area contributed by atoms with Crippen LogP contribution >= 0.6 is 0 Å². The molecule has 0 aromatic heterocycles. The second kappa shape index (κ2) is 8.07. The van der Waals surface area contributed by atoms with E-state index in [0.29, 0.717) is 24.7 Å². The summed E-state index contributed by atoms with van der Waals surface area (Å²) < 4.78 is 39.3. The molecule has 0 aromatic rings. The number of aliphatic hydroxyl groups is 1. The van der Waals surface area contributed by atoms with Gasteiger partial charge >= 0.3 is 6.18 Å². The molecule has 1 N–H and O–H groups in total. The van der Waals surface area contributed by atoms with E-state index in [0.717, 1.165) is 38.5 Å². The van der Waals surface area contributed by atoms with Gasteiger partial charge in [-0.2, -0.15) is 13.2 Å². The van der Waals surface area contributed by atoms with Crippen molar-refractivity contribution in [2.45, 2.75) is 109 Å². The van der Waals surface area contributed by atoms with Crippen molar-refractivity contribution in [3.8, 4) is 0 Å². The minimum atomic E-state index is -4.13. The van der Waals surface area contributed by atoms with Gasteiger partial charge in [-0.3, -0.25) is 0 Å². The van der Waals surface area contributed by atoms with Crippen LogP contribution in [0.4, 0.5) is 13.2 Å². The number of hydrogen-bond donors (Lipinski definition) is 1. The van der Waals surface area contributed by atoms with Gasteiger partial charge in [-0.1, -0.05) is 51.0 Å². The molecule has 0 aromatic carbocycles. The highest BCUT2D eigenvalue weighted by atomic mass is 19.4. The maximum absolute atomic E-state index is 13.1. The molecular formula is C27H41B2F3O. The molecule has 0 saturated heterocycles. The molecule has 4 aliphatic carbocycles. The fourth-order valence-corrected chi connectivity index (χ4v) is 8.94. The molecule has 3 saturated carbocycles. The minimum absolute atomic E-state index is 0.0343. The van der Waals surface area contributed by atoms with Gasteiger partial charge in [0.05, 0.1) is 27.2 Å². The monoisotopic (exact) mass is 460 g/mol. The van der Waals surface area contributed by atoms with Crippen molar-refractivity contribution < 1.29 is 18.3 Å². The largest absolute Gasteiger partial charge is 0.391 e. The van der Waals surface area contributed by atoms with Crippen molar-refractivity contribution in [1.82, 2.24) is 0 Å². The van der Waals surface area contributed by atoms with E-state index in [-0.39, 0.29) is 35.0 Å². The standard InChI is InChI=1S/C27H41B2F3O/c1-16(6-7-17(2)27(30,31)32)21-15-26(28,29)22-19-9-8-18-14-23(3,33)12-13-24(18,4)20(19)10-11-25(21,22)5/h8,16-17,19-22,33H,6-7,9-15H2,1-5H3/t16-,17?,19?,20?,21?,22?,23+,24?,25?/m1/s1. The van der Waals surface area contributed by atoms with Gasteiger partial charge < -0.3 is 5.11 Å². The molecule has 3 fully saturated rings. The van der Waals surface area contributed by atoms with E-state index in [2.05, 4.69) is 26.8 Å². The Hall–Kier alpha value is -0.380. The van der Waals surface area contributed by atoms with Crippen LogP contribution in [0.5, 0.6) is 0 Å². The van der Waals surface area contributed by atoms with Crippen molar-refractivity contribution >= 4 is 15.7 Å². The van der Waals surface area contributed by atoms with Crippen LogP contribution in [0.3, 0.4) is 0 Å². The van der Waals surface area contributed by atoms with Gasteiger partial charge in [0.25, 0.3) is 0 Å². The fourth-order valence-electron chi connectivity index (χ4n) is 8.94. The summed E-state index contributed by atoms with van der Waals surface area (Å²) in [5.74, 6) is 0.242. The minimum Gasteiger partial charge on any atom is -0.390 e. The summed E-state index contributed by atoms with van der Waals surface area (Å²) in [7, 11) is 13.7. The SMILES string of the molecule is [B]C1([B])CC([C@H](C)CCC(C)C(F)(F)F)C2(C)CCC3C(CC=C4C[C@@](C)(O)CCC43C)C12. The van der Waals surface area contributed by atoms with Crippen molar-refractivity contribution in [2.75, 3.05) is 0 Å². The van der Waals surface area contributed by atoms with Crippen molar-refractivity contribution in [2.24, 2.45) is 46.3 Å². The lowest BCUT2D eigenvalue weighted by molar-refractivity contribution is -0.172. The molecule has 9 atom stereocenters. The third-order valence-electron chi connectivity index (χ3n) is 10.9. The quantitative estimate of drug-likeness (QED) is 0.354. The molecule has 6 heteroatoms. The zero-order chi connectivity index (χ0) is 24.6. The summed E-state index contributed by atoms with van der Waals surface area (Å²) in [6, 6.07) is 0. The number of hydrogen-bond acceptors (Lipinski definition) is 1. The zero-order valence-corrected chi connectivity index (χ0v) is 21.1. The summed E-state index contributed by atoms with van der Waals surface area (Å²) in [6.07, 6.45) is 5.35. The van der Waals surface area contributed by atoms with Crippen molar-refractivity contribution in [3.05, 3.63) is 11.6 Å². The van der Waals surface area contributed by atoms with Gasteiger partial charge in [0.2, 0.25) is 0 Å². The fraction of sp³-hybridized carbons (Fsp3) is 0.926. The van der Waals surface area contributed by atoms with Crippen LogP contribution in [0.15, 0.2) is 11.6 Å². The maximum Gasteiger partial charge on any atom is 0.391 e. The number of allylic oxidation sites excluding steroid dienone is 1. The summed E-state index contributed by atoms with van der Waals surface area (Å²) in [4.78, 5) is 0. The number of halogens is 3. The van der Waals surface area contributed by atoms with Gasteiger partial charge in [0.1, 0.15) is 0 Å². The van der Waals surface area contributed by atoms with Crippen molar-refractivity contribution in [1.29, 1.82) is 0 Å². The predicted octanol–water partition coefficient (Wildman–Crippen LogP) is 6.99. The first-order chi connectivity index (χ1) is 15.0. The summed E-state index contributed by atoms with van der Waals surface area (Å²) in [5, 5.41) is 9.90. The average molecular weight is 460 g/mol. The van der Waals surface area contributed by atoms with Crippen LogP contribution in [0, 0.1) is 46.3 Å². The number of fused-ring (bicyclic) bond motifs is 5. The third-order valence-corrected chi connectivity index (χ3v) is 10.9. The Bertz CT molecular complexity index is 791. The number of rotatable bonds is 4. The molecule has 0 aliphatic heterocycles. The van der Waals surface area contributed by atoms with Gasteiger partial charge in [-0.05, 0) is 98.7 Å². The van der Waals surface area contributed by atoms with E-state index in [1.807, 2.05) is 6.92 Å². The average Bonchev–Trinajstić information content (AvgIpc) is 2.91. The van der Waals surface area contributed by atoms with E-state index in [1.165, 1.54) is 12.5 Å². The molecule has 33 heavy (non-hydrogen) atoms. The lowest BCUT2D eigenvalue weighted by Gasteiger charge is -2.61. The van der Waals surface area contributed by atoms with Crippen LogP contribution in [-0.2, 0) is 0 Å². The Balaban J connectivity index is 1.57. The molecule has 0 amide bonds. The van der Waals surface area contributed by atoms with Crippen LogP contribution in [0.2, 0.25) is 5.21 Å². The molecule has 4 rings (SSSR count). The van der Waals surface area contributed by atoms with E-state index >= 15 is 0 Å². The second-order valence-electron chi connectivity index (χ2n) is 13.3. The van der Waals surface area contributed by atoms with E-state index in [9.17, 15) is 18.3 Å². The summed E-state index contributed by atoms with van der Waals surface area (Å²) in [6.45, 7) is 10.1. The molecule has 1 nitrogen and oxygen atoms in total. The van der Waals surface area contributed by atoms with Gasteiger partial charge in [-0.25, -0.2) is 0 Å². The lowest BCUT2D eigenvalue weighted by Crippen LogP contribution is -2.53. The highest BCUT2D eigenvalue weighted by Crippen LogP contribution is 2.72. The summed E-state index contributed by atoms with van der Waals surface area (Å²) >= 11 is 0. The predicted molar refractivity (Wildman–Crippen MR) is 129 cm³/mol. The Morgan fingerprint density at radius 1 is 1.09 bits per heavy atom. The second-order valence-corrected chi connectivity index (χ2v) is 13.3. The highest BCUT2D eigenvalue weighted by Gasteiger charge is 2.64. The molecule has 4 radical (unpaired) electrons. The molecule has 182 valence electrons. The van der Waals surface area contributed by atoms with Crippen LogP contribution in [-0.4, -0.2) is 32.6 Å². The molecule has 0 bridgehead atoms.